The van der Waals surface area contributed by atoms with Crippen LogP contribution in [0.15, 0.2) is 36.4 Å². The van der Waals surface area contributed by atoms with Crippen molar-refractivity contribution in [1.29, 1.82) is 0 Å². The molecule has 26 heavy (non-hydrogen) atoms. The van der Waals surface area contributed by atoms with Gasteiger partial charge in [-0.15, -0.1) is 0 Å². The third-order valence-corrected chi connectivity index (χ3v) is 5.34. The molecule has 1 aromatic heterocycles. The molecule has 1 heterocycles. The molecular weight excluding hydrogens is 347 g/mol. The first-order valence-corrected chi connectivity index (χ1v) is 9.65. The third-order valence-electron chi connectivity index (χ3n) is 5.05. The number of halogens is 2. The van der Waals surface area contributed by atoms with Gasteiger partial charge < -0.3 is 10.3 Å². The monoisotopic (exact) mass is 372 g/mol. The highest BCUT2D eigenvalue weighted by atomic mass is 35.5. The fourth-order valence-electron chi connectivity index (χ4n) is 3.55. The first-order chi connectivity index (χ1) is 12.5. The summed E-state index contributed by atoms with van der Waals surface area (Å²) in [4.78, 5) is 3.47. The van der Waals surface area contributed by atoms with Crippen molar-refractivity contribution in [3.05, 3.63) is 69.6 Å². The number of hydrogen-bond acceptors (Lipinski definition) is 1. The summed E-state index contributed by atoms with van der Waals surface area (Å²) in [5.74, 6) is -0.169. The summed E-state index contributed by atoms with van der Waals surface area (Å²) < 4.78 is 13.9. The normalized spacial score (nSPS) is 12.7. The van der Waals surface area contributed by atoms with E-state index in [9.17, 15) is 4.39 Å². The van der Waals surface area contributed by atoms with Crippen LogP contribution in [-0.2, 0) is 13.0 Å². The maximum atomic E-state index is 13.9. The summed E-state index contributed by atoms with van der Waals surface area (Å²) in [5.41, 5.74) is 5.76. The lowest BCUT2D eigenvalue weighted by atomic mass is 9.92. The number of aryl methyl sites for hydroxylation is 1. The van der Waals surface area contributed by atoms with Gasteiger partial charge in [-0.1, -0.05) is 56.1 Å². The quantitative estimate of drug-likeness (QED) is 0.509. The van der Waals surface area contributed by atoms with Crippen molar-refractivity contribution in [1.82, 2.24) is 10.3 Å². The zero-order valence-electron chi connectivity index (χ0n) is 15.6. The molecule has 0 amide bonds. The van der Waals surface area contributed by atoms with Gasteiger partial charge in [0.1, 0.15) is 5.82 Å². The molecule has 0 aliphatic carbocycles. The van der Waals surface area contributed by atoms with Gasteiger partial charge in [0.25, 0.3) is 0 Å². The fourth-order valence-corrected chi connectivity index (χ4v) is 3.72. The maximum absolute atomic E-state index is 13.9. The number of rotatable bonds is 7. The van der Waals surface area contributed by atoms with Crippen LogP contribution in [0.3, 0.4) is 0 Å². The van der Waals surface area contributed by atoms with Crippen LogP contribution in [0.4, 0.5) is 4.39 Å². The smallest absolute Gasteiger partial charge is 0.143 e. The minimum absolute atomic E-state index is 0.185. The maximum Gasteiger partial charge on any atom is 0.143 e. The molecule has 0 saturated heterocycles. The second kappa shape index (κ2) is 8.24. The minimum atomic E-state index is -0.377. The first-order valence-electron chi connectivity index (χ1n) is 9.28. The number of benzene rings is 2. The molecular formula is C22H26ClFN2. The largest absolute Gasteiger partial charge is 0.358 e. The number of nitrogens with one attached hydrogen (secondary N) is 2. The van der Waals surface area contributed by atoms with E-state index >= 15 is 0 Å². The number of fused-ring (bicyclic) bond motifs is 1. The van der Waals surface area contributed by atoms with E-state index in [1.165, 1.54) is 22.8 Å². The summed E-state index contributed by atoms with van der Waals surface area (Å²) in [6.45, 7) is 5.25. The molecule has 2 nitrogen and oxygen atoms in total. The van der Waals surface area contributed by atoms with Crippen molar-refractivity contribution in [2.45, 2.75) is 45.6 Å². The Morgan fingerprint density at radius 1 is 1.19 bits per heavy atom. The van der Waals surface area contributed by atoms with Crippen LogP contribution in [-0.4, -0.2) is 12.0 Å². The van der Waals surface area contributed by atoms with Gasteiger partial charge in [-0.25, -0.2) is 4.39 Å². The van der Waals surface area contributed by atoms with Gasteiger partial charge in [-0.2, -0.15) is 0 Å². The zero-order valence-corrected chi connectivity index (χ0v) is 16.4. The van der Waals surface area contributed by atoms with Gasteiger partial charge in [0.15, 0.2) is 0 Å². The molecule has 0 aliphatic heterocycles. The number of aromatic nitrogens is 1. The standard InChI is InChI=1S/C22H26ClFN2/c1-4-5-6-17-18-11-19(23)20(24)12-21(18)26-22(17)14(2)16-9-7-15(8-10-16)13-25-3/h7-12,14,25-26H,4-6,13H2,1-3H3. The molecule has 0 fully saturated rings. The lowest BCUT2D eigenvalue weighted by molar-refractivity contribution is 0.630. The lowest BCUT2D eigenvalue weighted by Gasteiger charge is -2.14. The molecule has 4 heteroatoms. The van der Waals surface area contributed by atoms with Gasteiger partial charge in [0, 0.05) is 29.1 Å². The van der Waals surface area contributed by atoms with Crippen molar-refractivity contribution >= 4 is 22.5 Å². The third kappa shape index (κ3) is 3.79. The molecule has 0 radical (unpaired) electrons. The van der Waals surface area contributed by atoms with E-state index in [2.05, 4.69) is 48.4 Å². The van der Waals surface area contributed by atoms with Crippen molar-refractivity contribution < 1.29 is 4.39 Å². The fraction of sp³-hybridized carbons (Fsp3) is 0.364. The number of aromatic amines is 1. The van der Waals surface area contributed by atoms with Crippen molar-refractivity contribution in [3.63, 3.8) is 0 Å². The Kier molecular flexibility index (Phi) is 6.00. The number of unbranched alkanes of at least 4 members (excludes halogenated alkanes) is 1. The Morgan fingerprint density at radius 2 is 1.92 bits per heavy atom. The second-order valence-electron chi connectivity index (χ2n) is 6.93. The molecule has 3 rings (SSSR count). The number of H-pyrrole nitrogens is 1. The Balaban J connectivity index is 2.04. The molecule has 0 bridgehead atoms. The molecule has 0 saturated carbocycles. The predicted molar refractivity (Wildman–Crippen MR) is 109 cm³/mol. The Morgan fingerprint density at radius 3 is 2.58 bits per heavy atom. The van der Waals surface area contributed by atoms with Gasteiger partial charge in [0.05, 0.1) is 5.02 Å². The molecule has 2 N–H and O–H groups in total. The molecule has 138 valence electrons. The molecule has 0 spiro atoms. The van der Waals surface area contributed by atoms with Crippen molar-refractivity contribution in [3.8, 4) is 0 Å². The molecule has 3 aromatic rings. The van der Waals surface area contributed by atoms with E-state index in [0.717, 1.165) is 42.4 Å². The van der Waals surface area contributed by atoms with E-state index in [0.29, 0.717) is 0 Å². The second-order valence-corrected chi connectivity index (χ2v) is 7.33. The van der Waals surface area contributed by atoms with E-state index in [1.54, 1.807) is 6.07 Å². The number of hydrogen-bond donors (Lipinski definition) is 2. The average Bonchev–Trinajstić information content (AvgIpc) is 2.98. The summed E-state index contributed by atoms with van der Waals surface area (Å²) in [6.07, 6.45) is 3.19. The topological polar surface area (TPSA) is 27.8 Å². The van der Waals surface area contributed by atoms with Crippen LogP contribution in [0, 0.1) is 5.82 Å². The van der Waals surface area contributed by atoms with Gasteiger partial charge in [0.2, 0.25) is 0 Å². The Bertz CT molecular complexity index is 883. The molecule has 0 aliphatic rings. The van der Waals surface area contributed by atoms with Crippen LogP contribution in [0.25, 0.3) is 10.9 Å². The van der Waals surface area contributed by atoms with E-state index < -0.39 is 0 Å². The summed E-state index contributed by atoms with van der Waals surface area (Å²) in [6, 6.07) is 12.0. The summed E-state index contributed by atoms with van der Waals surface area (Å²) >= 11 is 6.05. The average molecular weight is 373 g/mol. The van der Waals surface area contributed by atoms with Crippen LogP contribution in [0.5, 0.6) is 0 Å². The van der Waals surface area contributed by atoms with Gasteiger partial charge >= 0.3 is 0 Å². The molecule has 1 atom stereocenters. The van der Waals surface area contributed by atoms with Crippen LogP contribution in [0.2, 0.25) is 5.02 Å². The van der Waals surface area contributed by atoms with Crippen LogP contribution in [0.1, 0.15) is 55.0 Å². The van der Waals surface area contributed by atoms with Crippen molar-refractivity contribution in [2.24, 2.45) is 0 Å². The molecule has 2 aromatic carbocycles. The molecule has 1 unspecified atom stereocenters. The van der Waals surface area contributed by atoms with Gasteiger partial charge in [-0.05, 0) is 48.7 Å². The van der Waals surface area contributed by atoms with E-state index in [-0.39, 0.29) is 16.8 Å². The first kappa shape index (κ1) is 18.9. The van der Waals surface area contributed by atoms with Crippen LogP contribution < -0.4 is 5.32 Å². The predicted octanol–water partition coefficient (Wildman–Crippen LogP) is 6.17. The van der Waals surface area contributed by atoms with E-state index in [1.807, 2.05) is 7.05 Å². The minimum Gasteiger partial charge on any atom is -0.358 e. The Labute approximate surface area is 159 Å². The van der Waals surface area contributed by atoms with E-state index in [4.69, 9.17) is 11.6 Å². The highest BCUT2D eigenvalue weighted by molar-refractivity contribution is 6.31. The van der Waals surface area contributed by atoms with Gasteiger partial charge in [-0.3, -0.25) is 0 Å². The SMILES string of the molecule is CCCCc1c(C(C)c2ccc(CNC)cc2)[nH]c2cc(F)c(Cl)cc12. The highest BCUT2D eigenvalue weighted by Crippen LogP contribution is 2.35. The summed E-state index contributed by atoms with van der Waals surface area (Å²) in [5, 5.41) is 4.40. The van der Waals surface area contributed by atoms with Crippen LogP contribution >= 0.6 is 11.6 Å². The highest BCUT2D eigenvalue weighted by Gasteiger charge is 2.19. The lowest BCUT2D eigenvalue weighted by Crippen LogP contribution is -2.05. The zero-order chi connectivity index (χ0) is 18.7. The van der Waals surface area contributed by atoms with Crippen molar-refractivity contribution in [2.75, 3.05) is 7.05 Å². The summed E-state index contributed by atoms with van der Waals surface area (Å²) in [7, 11) is 1.95. The Hall–Kier alpha value is -1.84.